The Balaban J connectivity index is 1.19. The molecule has 0 aliphatic carbocycles. The van der Waals surface area contributed by atoms with Crippen molar-refractivity contribution in [1.29, 1.82) is 0 Å². The summed E-state index contributed by atoms with van der Waals surface area (Å²) in [4.78, 5) is 24.8. The lowest BCUT2D eigenvalue weighted by Gasteiger charge is -2.40. The minimum atomic E-state index is -1.48. The molecular weight excluding hydrogens is 718 g/mol. The highest BCUT2D eigenvalue weighted by molar-refractivity contribution is 5.75. The van der Waals surface area contributed by atoms with E-state index in [0.717, 1.165) is 5.69 Å². The Kier molecular flexibility index (Phi) is 16.4. The van der Waals surface area contributed by atoms with Crippen molar-refractivity contribution in [2.75, 3.05) is 59.1 Å². The van der Waals surface area contributed by atoms with Crippen molar-refractivity contribution >= 4 is 40.0 Å². The van der Waals surface area contributed by atoms with Crippen molar-refractivity contribution in [3.63, 3.8) is 0 Å². The smallest absolute Gasteiger partial charge is 0.269 e. The third-order valence-electron chi connectivity index (χ3n) is 8.34. The van der Waals surface area contributed by atoms with Gasteiger partial charge >= 0.3 is 0 Å². The van der Waals surface area contributed by atoms with Crippen LogP contribution in [0.5, 0.6) is 11.5 Å². The number of methoxy groups -OCH3 is 2. The van der Waals surface area contributed by atoms with E-state index in [9.17, 15) is 30.2 Å². The van der Waals surface area contributed by atoms with Crippen LogP contribution in [0.3, 0.4) is 0 Å². The molecule has 4 rings (SSSR count). The second-order valence-electron chi connectivity index (χ2n) is 12.2. The molecule has 0 radical (unpaired) electrons. The zero-order valence-electron chi connectivity index (χ0n) is 30.7. The van der Waals surface area contributed by atoms with Gasteiger partial charge in [-0.15, -0.1) is 16.7 Å². The average molecular weight is 764 g/mol. The fourth-order valence-electron chi connectivity index (χ4n) is 5.28. The van der Waals surface area contributed by atoms with Gasteiger partial charge in [-0.1, -0.05) is 5.92 Å². The molecule has 1 fully saturated rings. The summed E-state index contributed by atoms with van der Waals surface area (Å²) < 4.78 is 27.2. The highest BCUT2D eigenvalue weighted by Crippen LogP contribution is 2.41. The molecule has 55 heavy (non-hydrogen) atoms. The fourth-order valence-corrected chi connectivity index (χ4v) is 5.28. The molecule has 1 amide bonds. The normalized spacial score (nSPS) is 19.6. The van der Waals surface area contributed by atoms with Crippen LogP contribution in [-0.4, -0.2) is 111 Å². The van der Waals surface area contributed by atoms with Gasteiger partial charge in [-0.25, -0.2) is 0 Å². The molecule has 4 N–H and O–H groups in total. The first-order valence-electron chi connectivity index (χ1n) is 17.3. The van der Waals surface area contributed by atoms with Crippen LogP contribution >= 0.6 is 0 Å². The van der Waals surface area contributed by atoms with Gasteiger partial charge < -0.3 is 49.2 Å². The summed E-state index contributed by atoms with van der Waals surface area (Å²) in [6.45, 7) is 1.03. The van der Waals surface area contributed by atoms with Crippen molar-refractivity contribution < 1.29 is 48.7 Å². The maximum absolute atomic E-state index is 12.4. The van der Waals surface area contributed by atoms with Gasteiger partial charge in [-0.3, -0.25) is 14.9 Å². The summed E-state index contributed by atoms with van der Waals surface area (Å²) >= 11 is 0. The van der Waals surface area contributed by atoms with E-state index in [1.807, 2.05) is 36.2 Å². The molecule has 3 aromatic rings. The molecule has 0 unspecified atom stereocenters. The van der Waals surface area contributed by atoms with Gasteiger partial charge in [0.05, 0.1) is 43.7 Å². The van der Waals surface area contributed by atoms with Gasteiger partial charge in [-0.05, 0) is 49.2 Å². The van der Waals surface area contributed by atoms with E-state index in [1.165, 1.54) is 38.5 Å². The first-order chi connectivity index (χ1) is 26.5. The Hall–Kier alpha value is -5.55. The Morgan fingerprint density at radius 1 is 0.927 bits per heavy atom. The Morgan fingerprint density at radius 3 is 2.09 bits per heavy atom. The number of anilines is 1. The lowest BCUT2D eigenvalue weighted by atomic mass is 9.99. The SMILES string of the molecule is C#CCOC[C@H]1O[C@@H](OCCCNC(=O)CCCN(C)c2ccc(/N=N/c3cc(OC)c(/N=N/c4ccc([N+](=O)[O-])cc4)cc3OC)cc2)[C@H](O)[C@@H](O)[C@@H]1O. The third kappa shape index (κ3) is 12.5. The fraction of sp³-hybridized carbons (Fsp3) is 0.432. The number of terminal acetylenes is 1. The van der Waals surface area contributed by atoms with Gasteiger partial charge in [0.1, 0.15) is 53.9 Å². The molecule has 3 aromatic carbocycles. The lowest BCUT2D eigenvalue weighted by molar-refractivity contribution is -0.384. The molecule has 1 aliphatic heterocycles. The second-order valence-corrected chi connectivity index (χ2v) is 12.2. The molecule has 1 saturated heterocycles. The molecule has 18 heteroatoms. The molecule has 0 aromatic heterocycles. The van der Waals surface area contributed by atoms with Crippen molar-refractivity contribution in [2.45, 2.75) is 50.0 Å². The summed E-state index contributed by atoms with van der Waals surface area (Å²) in [5.41, 5.74) is 2.65. The quantitative estimate of drug-likeness (QED) is 0.0405. The van der Waals surface area contributed by atoms with Gasteiger partial charge in [0.2, 0.25) is 5.91 Å². The Bertz CT molecular complexity index is 1800. The summed E-state index contributed by atoms with van der Waals surface area (Å²) in [5.74, 6) is 2.93. The number of nitrogens with one attached hydrogen (secondary N) is 1. The summed E-state index contributed by atoms with van der Waals surface area (Å²) in [6, 6.07) is 16.3. The summed E-state index contributed by atoms with van der Waals surface area (Å²) in [6.07, 6.45) is 0.125. The van der Waals surface area contributed by atoms with Crippen LogP contribution in [0.1, 0.15) is 19.3 Å². The number of azo groups is 2. The second kappa shape index (κ2) is 21.4. The molecule has 1 heterocycles. The largest absolute Gasteiger partial charge is 0.494 e. The number of amides is 1. The maximum Gasteiger partial charge on any atom is 0.269 e. The van der Waals surface area contributed by atoms with E-state index in [2.05, 4.69) is 31.7 Å². The molecule has 0 bridgehead atoms. The number of nitro groups is 1. The number of rotatable bonds is 20. The summed E-state index contributed by atoms with van der Waals surface area (Å²) in [7, 11) is 4.89. The Labute approximate surface area is 317 Å². The highest BCUT2D eigenvalue weighted by atomic mass is 16.7. The van der Waals surface area contributed by atoms with Gasteiger partial charge in [0, 0.05) is 56.5 Å². The summed E-state index contributed by atoms with van der Waals surface area (Å²) in [5, 5.41) is 61.2. The zero-order chi connectivity index (χ0) is 39.7. The predicted octanol–water partition coefficient (Wildman–Crippen LogP) is 4.64. The van der Waals surface area contributed by atoms with Crippen LogP contribution in [-0.2, 0) is 19.0 Å². The minimum Gasteiger partial charge on any atom is -0.494 e. The number of nitrogens with zero attached hydrogens (tertiary/aromatic N) is 6. The first-order valence-corrected chi connectivity index (χ1v) is 17.3. The number of non-ortho nitro benzene ring substituents is 1. The monoisotopic (exact) mass is 763 g/mol. The number of hydrogen-bond donors (Lipinski definition) is 4. The average Bonchev–Trinajstić information content (AvgIpc) is 3.19. The number of hydrogen-bond acceptors (Lipinski definition) is 16. The number of nitro benzene ring substituents is 1. The molecular formula is C37H45N7O11. The highest BCUT2D eigenvalue weighted by Gasteiger charge is 2.44. The number of carbonyl (C=O) groups is 1. The van der Waals surface area contributed by atoms with Crippen molar-refractivity contribution in [1.82, 2.24) is 5.32 Å². The first kappa shape index (κ1) is 42.2. The molecule has 5 atom stereocenters. The maximum atomic E-state index is 12.4. The van der Waals surface area contributed by atoms with E-state index in [4.69, 9.17) is 30.1 Å². The van der Waals surface area contributed by atoms with E-state index in [1.54, 1.807) is 12.1 Å². The molecule has 0 saturated carbocycles. The van der Waals surface area contributed by atoms with Crippen LogP contribution in [0.4, 0.5) is 34.1 Å². The standard InChI is InChI=1S/C37H45N7O11/c1-5-19-53-23-32-34(46)35(47)36(48)37(55-32)54-20-7-17-38-33(45)8-6-18-43(2)26-13-9-24(10-14-26)39-41-28-21-31(52-4)29(22-30(28)51-3)42-40-25-11-15-27(16-12-25)44(49)50/h1,9-16,21-22,32,34-37,46-48H,6-8,17-20,23H2,2-4H3,(H,38,45)/b41-39+,42-40+/t32-,34-,35+,36-,37-/m1/s1. The number of carbonyl (C=O) groups excluding carboxylic acids is 1. The Morgan fingerprint density at radius 2 is 1.53 bits per heavy atom. The van der Waals surface area contributed by atoms with Gasteiger partial charge in [-0.2, -0.15) is 10.2 Å². The van der Waals surface area contributed by atoms with Crippen LogP contribution in [0, 0.1) is 22.5 Å². The topological polar surface area (TPSA) is 232 Å². The minimum absolute atomic E-state index is 0.00817. The van der Waals surface area contributed by atoms with Crippen LogP contribution in [0.15, 0.2) is 81.1 Å². The molecule has 0 spiro atoms. The van der Waals surface area contributed by atoms with Crippen LogP contribution in [0.25, 0.3) is 0 Å². The lowest BCUT2D eigenvalue weighted by Crippen LogP contribution is -2.59. The molecule has 18 nitrogen and oxygen atoms in total. The number of ether oxygens (including phenoxy) is 5. The van der Waals surface area contributed by atoms with E-state index < -0.39 is 35.6 Å². The van der Waals surface area contributed by atoms with E-state index in [-0.39, 0.29) is 31.4 Å². The van der Waals surface area contributed by atoms with Crippen molar-refractivity contribution in [3.8, 4) is 23.8 Å². The van der Waals surface area contributed by atoms with Crippen molar-refractivity contribution in [2.24, 2.45) is 20.5 Å². The molecule has 1 aliphatic rings. The predicted molar refractivity (Wildman–Crippen MR) is 200 cm³/mol. The van der Waals surface area contributed by atoms with E-state index >= 15 is 0 Å². The number of aliphatic hydroxyl groups excluding tert-OH is 3. The third-order valence-corrected chi connectivity index (χ3v) is 8.34. The van der Waals surface area contributed by atoms with Gasteiger partial charge in [0.15, 0.2) is 6.29 Å². The van der Waals surface area contributed by atoms with Gasteiger partial charge in [0.25, 0.3) is 5.69 Å². The van der Waals surface area contributed by atoms with Crippen LogP contribution < -0.4 is 19.7 Å². The van der Waals surface area contributed by atoms with Crippen molar-refractivity contribution in [3.05, 3.63) is 70.8 Å². The molecule has 294 valence electrons. The van der Waals surface area contributed by atoms with Crippen LogP contribution in [0.2, 0.25) is 0 Å². The zero-order valence-corrected chi connectivity index (χ0v) is 30.7. The number of benzene rings is 3. The van der Waals surface area contributed by atoms with E-state index in [0.29, 0.717) is 66.6 Å². The number of aliphatic hydroxyl groups is 3.